The molecule has 2 aromatic carbocycles. The van der Waals surface area contributed by atoms with Crippen LogP contribution in [0.15, 0.2) is 42.5 Å². The highest BCUT2D eigenvalue weighted by atomic mass is 35.5. The lowest BCUT2D eigenvalue weighted by atomic mass is 10.2. The molecule has 0 fully saturated rings. The molecule has 2 N–H and O–H groups in total. The Bertz CT molecular complexity index is 677. The van der Waals surface area contributed by atoms with Crippen molar-refractivity contribution in [2.75, 3.05) is 12.4 Å². The summed E-state index contributed by atoms with van der Waals surface area (Å²) in [6.45, 7) is 2.28. The van der Waals surface area contributed by atoms with Crippen LogP contribution < -0.4 is 15.4 Å². The van der Waals surface area contributed by atoms with Gasteiger partial charge in [0.1, 0.15) is 11.6 Å². The summed E-state index contributed by atoms with van der Waals surface area (Å²) in [6, 6.07) is 11.0. The summed E-state index contributed by atoms with van der Waals surface area (Å²) in [4.78, 5) is 12.1. The summed E-state index contributed by atoms with van der Waals surface area (Å²) in [5.41, 5.74) is 1.42. The van der Waals surface area contributed by atoms with E-state index in [4.69, 9.17) is 16.3 Å². The number of methoxy groups -OCH3 is 1. The van der Waals surface area contributed by atoms with E-state index in [0.717, 1.165) is 17.4 Å². The molecule has 0 aromatic heterocycles. The van der Waals surface area contributed by atoms with E-state index in [1.807, 2.05) is 24.3 Å². The molecule has 4 nitrogen and oxygen atoms in total. The van der Waals surface area contributed by atoms with Crippen LogP contribution >= 0.6 is 11.6 Å². The Morgan fingerprint density at radius 1 is 1.26 bits per heavy atom. The fraction of sp³-hybridized carbons (Fsp3) is 0.235. The molecule has 1 unspecified atom stereocenters. The molecule has 0 aliphatic heterocycles. The van der Waals surface area contributed by atoms with Crippen LogP contribution in [0.4, 0.5) is 10.1 Å². The molecule has 0 spiro atoms. The first-order chi connectivity index (χ1) is 11.0. The maximum atomic E-state index is 13.0. The van der Waals surface area contributed by atoms with Crippen molar-refractivity contribution in [2.45, 2.75) is 19.5 Å². The minimum atomic E-state index is -0.446. The molecule has 6 heteroatoms. The summed E-state index contributed by atoms with van der Waals surface area (Å²) >= 11 is 5.89. The predicted octanol–water partition coefficient (Wildman–Crippen LogP) is 3.60. The highest BCUT2D eigenvalue weighted by Gasteiger charge is 2.14. The van der Waals surface area contributed by atoms with Crippen molar-refractivity contribution in [1.82, 2.24) is 5.32 Å². The smallest absolute Gasteiger partial charge is 0.241 e. The van der Waals surface area contributed by atoms with Gasteiger partial charge in [0.05, 0.1) is 23.9 Å². The molecular weight excluding hydrogens is 319 g/mol. The summed E-state index contributed by atoms with van der Waals surface area (Å²) in [6.07, 6.45) is 0. The van der Waals surface area contributed by atoms with E-state index in [9.17, 15) is 9.18 Å². The SMILES string of the molecule is COc1ccc(CNC(C)C(=O)Nc2ccc(F)cc2Cl)cc1. The Morgan fingerprint density at radius 2 is 1.96 bits per heavy atom. The van der Waals surface area contributed by atoms with Crippen molar-refractivity contribution in [2.24, 2.45) is 0 Å². The number of benzene rings is 2. The zero-order valence-electron chi connectivity index (χ0n) is 12.9. The Labute approximate surface area is 139 Å². The van der Waals surface area contributed by atoms with Gasteiger partial charge in [0.2, 0.25) is 5.91 Å². The number of anilines is 1. The van der Waals surface area contributed by atoms with E-state index in [1.54, 1.807) is 14.0 Å². The van der Waals surface area contributed by atoms with Crippen LogP contribution in [0.2, 0.25) is 5.02 Å². The molecular formula is C17H18ClFN2O2. The molecule has 0 aliphatic carbocycles. The topological polar surface area (TPSA) is 50.4 Å². The largest absolute Gasteiger partial charge is 0.497 e. The van der Waals surface area contributed by atoms with Crippen molar-refractivity contribution in [3.63, 3.8) is 0 Å². The molecule has 2 rings (SSSR count). The lowest BCUT2D eigenvalue weighted by Gasteiger charge is -2.15. The molecule has 0 radical (unpaired) electrons. The number of carbonyl (C=O) groups excluding carboxylic acids is 1. The molecule has 23 heavy (non-hydrogen) atoms. The molecule has 122 valence electrons. The van der Waals surface area contributed by atoms with Gasteiger partial charge in [-0.25, -0.2) is 4.39 Å². The van der Waals surface area contributed by atoms with Gasteiger partial charge >= 0.3 is 0 Å². The van der Waals surface area contributed by atoms with Crippen LogP contribution in [0.25, 0.3) is 0 Å². The number of ether oxygens (including phenoxy) is 1. The lowest BCUT2D eigenvalue weighted by Crippen LogP contribution is -2.37. The Morgan fingerprint density at radius 3 is 2.57 bits per heavy atom. The molecule has 1 atom stereocenters. The second-order valence-corrected chi connectivity index (χ2v) is 5.47. The normalized spacial score (nSPS) is 11.8. The van der Waals surface area contributed by atoms with E-state index in [2.05, 4.69) is 10.6 Å². The summed E-state index contributed by atoms with van der Waals surface area (Å²) in [5.74, 6) is 0.0937. The van der Waals surface area contributed by atoms with Gasteiger partial charge in [-0.3, -0.25) is 4.79 Å². The first-order valence-corrected chi connectivity index (χ1v) is 7.49. The Balaban J connectivity index is 1.89. The quantitative estimate of drug-likeness (QED) is 0.847. The Hall–Kier alpha value is -2.11. The molecule has 1 amide bonds. The van der Waals surface area contributed by atoms with Gasteiger partial charge in [0.25, 0.3) is 0 Å². The number of amides is 1. The number of nitrogens with one attached hydrogen (secondary N) is 2. The van der Waals surface area contributed by atoms with Crippen molar-refractivity contribution in [1.29, 1.82) is 0 Å². The van der Waals surface area contributed by atoms with E-state index >= 15 is 0 Å². The third-order valence-corrected chi connectivity index (χ3v) is 3.67. The van der Waals surface area contributed by atoms with Crippen molar-refractivity contribution >= 4 is 23.2 Å². The van der Waals surface area contributed by atoms with Crippen LogP contribution in [0.5, 0.6) is 5.75 Å². The number of halogens is 2. The maximum Gasteiger partial charge on any atom is 0.241 e. The van der Waals surface area contributed by atoms with E-state index in [-0.39, 0.29) is 10.9 Å². The fourth-order valence-electron chi connectivity index (χ4n) is 1.94. The Kier molecular flexibility index (Phi) is 5.96. The van der Waals surface area contributed by atoms with Gasteiger partial charge in [-0.2, -0.15) is 0 Å². The monoisotopic (exact) mass is 336 g/mol. The third-order valence-electron chi connectivity index (χ3n) is 3.35. The van der Waals surface area contributed by atoms with Gasteiger partial charge in [-0.05, 0) is 42.8 Å². The van der Waals surface area contributed by atoms with Crippen LogP contribution in [-0.2, 0) is 11.3 Å². The molecule has 2 aromatic rings. The van der Waals surface area contributed by atoms with Crippen molar-refractivity contribution in [3.8, 4) is 5.75 Å². The highest BCUT2D eigenvalue weighted by Crippen LogP contribution is 2.22. The molecule has 0 heterocycles. The van der Waals surface area contributed by atoms with Crippen LogP contribution in [-0.4, -0.2) is 19.1 Å². The van der Waals surface area contributed by atoms with Gasteiger partial charge in [0.15, 0.2) is 0 Å². The molecule has 0 saturated carbocycles. The predicted molar refractivity (Wildman–Crippen MR) is 89.3 cm³/mol. The summed E-state index contributed by atoms with van der Waals surface area (Å²) < 4.78 is 18.1. The molecule has 0 saturated heterocycles. The highest BCUT2D eigenvalue weighted by molar-refractivity contribution is 6.33. The molecule has 0 aliphatic rings. The average Bonchev–Trinajstić information content (AvgIpc) is 2.55. The molecule has 0 bridgehead atoms. The maximum absolute atomic E-state index is 13.0. The first-order valence-electron chi connectivity index (χ1n) is 7.12. The van der Waals surface area contributed by atoms with E-state index in [1.165, 1.54) is 12.1 Å². The first kappa shape index (κ1) is 17.2. The standard InChI is InChI=1S/C17H18ClFN2O2/c1-11(20-10-12-3-6-14(23-2)7-4-12)17(22)21-16-8-5-13(19)9-15(16)18/h3-9,11,20H,10H2,1-2H3,(H,21,22). The van der Waals surface area contributed by atoms with E-state index in [0.29, 0.717) is 12.2 Å². The van der Waals surface area contributed by atoms with Crippen LogP contribution in [0, 0.1) is 5.82 Å². The van der Waals surface area contributed by atoms with Gasteiger partial charge in [0, 0.05) is 6.54 Å². The number of rotatable bonds is 6. The van der Waals surface area contributed by atoms with Gasteiger partial charge < -0.3 is 15.4 Å². The summed E-state index contributed by atoms with van der Waals surface area (Å²) in [7, 11) is 1.61. The van der Waals surface area contributed by atoms with Crippen molar-refractivity contribution < 1.29 is 13.9 Å². The second-order valence-electron chi connectivity index (χ2n) is 5.06. The number of hydrogen-bond acceptors (Lipinski definition) is 3. The number of carbonyl (C=O) groups is 1. The van der Waals surface area contributed by atoms with Crippen LogP contribution in [0.3, 0.4) is 0 Å². The van der Waals surface area contributed by atoms with Gasteiger partial charge in [-0.15, -0.1) is 0 Å². The van der Waals surface area contributed by atoms with Crippen LogP contribution in [0.1, 0.15) is 12.5 Å². The average molecular weight is 337 g/mol. The summed E-state index contributed by atoms with van der Waals surface area (Å²) in [5, 5.41) is 5.96. The van der Waals surface area contributed by atoms with Crippen molar-refractivity contribution in [3.05, 3.63) is 58.9 Å². The number of hydrogen-bond donors (Lipinski definition) is 2. The minimum Gasteiger partial charge on any atom is -0.497 e. The third kappa shape index (κ3) is 4.94. The minimum absolute atomic E-state index is 0.167. The fourth-order valence-corrected chi connectivity index (χ4v) is 2.15. The lowest BCUT2D eigenvalue weighted by molar-refractivity contribution is -0.117. The van der Waals surface area contributed by atoms with E-state index < -0.39 is 11.9 Å². The zero-order chi connectivity index (χ0) is 16.8. The zero-order valence-corrected chi connectivity index (χ0v) is 13.7. The second kappa shape index (κ2) is 7.94. The van der Waals surface area contributed by atoms with Gasteiger partial charge in [-0.1, -0.05) is 23.7 Å².